The molecule has 1 aliphatic carbocycles. The lowest BCUT2D eigenvalue weighted by Gasteiger charge is -2.22. The summed E-state index contributed by atoms with van der Waals surface area (Å²) < 4.78 is 53.1. The Kier molecular flexibility index (Phi) is 4.27. The Morgan fingerprint density at radius 1 is 1.37 bits per heavy atom. The van der Waals surface area contributed by atoms with Gasteiger partial charge in [-0.15, -0.1) is 0 Å². The van der Waals surface area contributed by atoms with E-state index in [-0.39, 0.29) is 10.5 Å². The summed E-state index contributed by atoms with van der Waals surface area (Å²) >= 11 is 2.94. The van der Waals surface area contributed by atoms with E-state index >= 15 is 0 Å². The molecule has 1 saturated carbocycles. The smallest absolute Gasteiger partial charge is 0.207 e. The number of benzene rings is 1. The molecule has 0 saturated heterocycles. The van der Waals surface area contributed by atoms with Gasteiger partial charge in [0.05, 0.1) is 0 Å². The van der Waals surface area contributed by atoms with E-state index in [1.54, 1.807) is 0 Å². The van der Waals surface area contributed by atoms with Crippen molar-refractivity contribution in [1.82, 2.24) is 4.31 Å². The summed E-state index contributed by atoms with van der Waals surface area (Å²) in [5.74, 6) is -1.87. The summed E-state index contributed by atoms with van der Waals surface area (Å²) in [5.41, 5.74) is 0. The van der Waals surface area contributed by atoms with Gasteiger partial charge in [-0.1, -0.05) is 6.92 Å². The van der Waals surface area contributed by atoms with Crippen LogP contribution in [0, 0.1) is 11.6 Å². The molecule has 0 spiro atoms. The standard InChI is InChI=1S/C12H14BrF2NO2S/c1-2-5-16(9-3-4-9)19(17,18)12-10(13)6-8(14)7-11(12)15/h6-7,9H,2-5H2,1H3. The average Bonchev–Trinajstić information content (AvgIpc) is 3.07. The minimum atomic E-state index is -3.93. The zero-order valence-corrected chi connectivity index (χ0v) is 12.8. The second kappa shape index (κ2) is 5.46. The van der Waals surface area contributed by atoms with E-state index < -0.39 is 26.6 Å². The predicted molar refractivity (Wildman–Crippen MR) is 71.3 cm³/mol. The number of sulfonamides is 1. The lowest BCUT2D eigenvalue weighted by molar-refractivity contribution is 0.399. The molecule has 1 aromatic carbocycles. The van der Waals surface area contributed by atoms with Crippen LogP contribution in [0.4, 0.5) is 8.78 Å². The molecule has 19 heavy (non-hydrogen) atoms. The molecule has 0 N–H and O–H groups in total. The molecule has 2 rings (SSSR count). The van der Waals surface area contributed by atoms with Crippen LogP contribution in [0.15, 0.2) is 21.5 Å². The molecular weight excluding hydrogens is 340 g/mol. The highest BCUT2D eigenvalue weighted by Crippen LogP contribution is 2.35. The molecule has 0 bridgehead atoms. The Labute approximate surface area is 119 Å². The van der Waals surface area contributed by atoms with E-state index in [2.05, 4.69) is 15.9 Å². The molecule has 1 aromatic rings. The second-order valence-corrected chi connectivity index (χ2v) is 7.23. The first kappa shape index (κ1) is 14.9. The Morgan fingerprint density at radius 3 is 2.47 bits per heavy atom. The van der Waals surface area contributed by atoms with Gasteiger partial charge < -0.3 is 0 Å². The van der Waals surface area contributed by atoms with Crippen molar-refractivity contribution < 1.29 is 17.2 Å². The minimum absolute atomic E-state index is 0.0543. The Bertz CT molecular complexity index is 564. The third-order valence-electron chi connectivity index (χ3n) is 2.93. The summed E-state index contributed by atoms with van der Waals surface area (Å²) in [6, 6.07) is 1.50. The number of halogens is 3. The molecule has 0 heterocycles. The monoisotopic (exact) mass is 353 g/mol. The van der Waals surface area contributed by atoms with Gasteiger partial charge in [0, 0.05) is 23.1 Å². The van der Waals surface area contributed by atoms with Crippen LogP contribution in [0.2, 0.25) is 0 Å². The molecule has 0 radical (unpaired) electrons. The van der Waals surface area contributed by atoms with E-state index in [9.17, 15) is 17.2 Å². The Balaban J connectivity index is 2.49. The highest BCUT2D eigenvalue weighted by Gasteiger charge is 2.39. The molecular formula is C12H14BrF2NO2S. The maximum Gasteiger partial charge on any atom is 0.247 e. The SMILES string of the molecule is CCCN(C1CC1)S(=O)(=O)c1c(F)cc(F)cc1Br. The first-order valence-corrected chi connectivity index (χ1v) is 8.27. The van der Waals surface area contributed by atoms with E-state index in [1.165, 1.54) is 4.31 Å². The first-order chi connectivity index (χ1) is 8.87. The van der Waals surface area contributed by atoms with Gasteiger partial charge in [-0.05, 0) is 41.3 Å². The van der Waals surface area contributed by atoms with Crippen molar-refractivity contribution in [3.05, 3.63) is 28.2 Å². The summed E-state index contributed by atoms with van der Waals surface area (Å²) in [4.78, 5) is -0.478. The van der Waals surface area contributed by atoms with Crippen molar-refractivity contribution in [3.63, 3.8) is 0 Å². The van der Waals surface area contributed by atoms with Crippen molar-refractivity contribution in [3.8, 4) is 0 Å². The lowest BCUT2D eigenvalue weighted by Crippen LogP contribution is -2.34. The minimum Gasteiger partial charge on any atom is -0.207 e. The fourth-order valence-electron chi connectivity index (χ4n) is 1.97. The highest BCUT2D eigenvalue weighted by atomic mass is 79.9. The molecule has 0 amide bonds. The summed E-state index contributed by atoms with van der Waals surface area (Å²) in [5, 5.41) is 0. The molecule has 7 heteroatoms. The number of hydrogen-bond acceptors (Lipinski definition) is 2. The predicted octanol–water partition coefficient (Wildman–Crippen LogP) is 3.29. The van der Waals surface area contributed by atoms with Gasteiger partial charge in [0.15, 0.2) is 0 Å². The third kappa shape index (κ3) is 2.98. The Hall–Kier alpha value is -0.530. The van der Waals surface area contributed by atoms with Crippen LogP contribution in [0.25, 0.3) is 0 Å². The van der Waals surface area contributed by atoms with Crippen LogP contribution in [-0.2, 0) is 10.0 Å². The zero-order valence-electron chi connectivity index (χ0n) is 10.4. The van der Waals surface area contributed by atoms with Gasteiger partial charge >= 0.3 is 0 Å². The van der Waals surface area contributed by atoms with Crippen LogP contribution in [-0.4, -0.2) is 25.3 Å². The number of rotatable bonds is 5. The van der Waals surface area contributed by atoms with E-state index in [4.69, 9.17) is 0 Å². The molecule has 0 atom stereocenters. The van der Waals surface area contributed by atoms with Gasteiger partial charge in [-0.3, -0.25) is 0 Å². The number of nitrogens with zero attached hydrogens (tertiary/aromatic N) is 1. The van der Waals surface area contributed by atoms with Crippen LogP contribution in [0.1, 0.15) is 26.2 Å². The maximum absolute atomic E-state index is 13.8. The van der Waals surface area contributed by atoms with Gasteiger partial charge in [0.25, 0.3) is 0 Å². The number of hydrogen-bond donors (Lipinski definition) is 0. The topological polar surface area (TPSA) is 37.4 Å². The molecule has 0 aliphatic heterocycles. The molecule has 0 unspecified atom stereocenters. The van der Waals surface area contributed by atoms with Crippen LogP contribution in [0.3, 0.4) is 0 Å². The van der Waals surface area contributed by atoms with Gasteiger partial charge in [0.1, 0.15) is 16.5 Å². The summed E-state index contributed by atoms with van der Waals surface area (Å²) in [7, 11) is -3.93. The van der Waals surface area contributed by atoms with Crippen molar-refractivity contribution >= 4 is 26.0 Å². The van der Waals surface area contributed by atoms with Crippen LogP contribution >= 0.6 is 15.9 Å². The second-order valence-electron chi connectivity index (χ2n) is 4.55. The zero-order chi connectivity index (χ0) is 14.2. The fourth-order valence-corrected chi connectivity index (χ4v) is 4.87. The quantitative estimate of drug-likeness (QED) is 0.814. The largest absolute Gasteiger partial charge is 0.247 e. The molecule has 3 nitrogen and oxygen atoms in total. The first-order valence-electron chi connectivity index (χ1n) is 6.04. The summed E-state index contributed by atoms with van der Waals surface area (Å²) in [6.07, 6.45) is 2.23. The van der Waals surface area contributed by atoms with Crippen molar-refractivity contribution in [2.45, 2.75) is 37.1 Å². The Morgan fingerprint density at radius 2 is 2.00 bits per heavy atom. The van der Waals surface area contributed by atoms with Crippen molar-refractivity contribution in [2.24, 2.45) is 0 Å². The van der Waals surface area contributed by atoms with E-state index in [0.717, 1.165) is 18.9 Å². The van der Waals surface area contributed by atoms with Crippen molar-refractivity contribution in [2.75, 3.05) is 6.54 Å². The average molecular weight is 354 g/mol. The molecule has 1 aliphatic rings. The fraction of sp³-hybridized carbons (Fsp3) is 0.500. The van der Waals surface area contributed by atoms with E-state index in [0.29, 0.717) is 19.0 Å². The van der Waals surface area contributed by atoms with Gasteiger partial charge in [0.2, 0.25) is 10.0 Å². The molecule has 106 valence electrons. The molecule has 1 fully saturated rings. The van der Waals surface area contributed by atoms with Crippen LogP contribution in [0.5, 0.6) is 0 Å². The normalized spacial score (nSPS) is 16.1. The van der Waals surface area contributed by atoms with Gasteiger partial charge in [-0.2, -0.15) is 4.31 Å². The van der Waals surface area contributed by atoms with Crippen molar-refractivity contribution in [1.29, 1.82) is 0 Å². The third-order valence-corrected chi connectivity index (χ3v) is 5.84. The molecule has 0 aromatic heterocycles. The highest BCUT2D eigenvalue weighted by molar-refractivity contribution is 9.10. The van der Waals surface area contributed by atoms with Gasteiger partial charge in [-0.25, -0.2) is 17.2 Å². The van der Waals surface area contributed by atoms with Crippen LogP contribution < -0.4 is 0 Å². The lowest BCUT2D eigenvalue weighted by atomic mass is 10.3. The maximum atomic E-state index is 13.8. The van der Waals surface area contributed by atoms with E-state index in [1.807, 2.05) is 6.92 Å². The summed E-state index contributed by atoms with van der Waals surface area (Å²) in [6.45, 7) is 2.21.